The molecule has 0 radical (unpaired) electrons. The first-order chi connectivity index (χ1) is 13.7. The topological polar surface area (TPSA) is 52.1 Å². The number of piperidine rings is 1. The summed E-state index contributed by atoms with van der Waals surface area (Å²) in [6, 6.07) is 0.552. The Balaban J connectivity index is 0.00000420. The number of rotatable bonds is 10. The van der Waals surface area contributed by atoms with Gasteiger partial charge < -0.3 is 20.3 Å². The van der Waals surface area contributed by atoms with E-state index in [1.54, 1.807) is 0 Å². The number of nitrogens with one attached hydrogen (secondary N) is 2. The summed E-state index contributed by atoms with van der Waals surface area (Å²) in [6.45, 7) is 16.4. The third kappa shape index (κ3) is 9.27. The lowest BCUT2D eigenvalue weighted by molar-refractivity contribution is 0.00272. The first kappa shape index (κ1) is 26.9. The highest BCUT2D eigenvalue weighted by Crippen LogP contribution is 2.20. The second kappa shape index (κ2) is 15.6. The predicted molar refractivity (Wildman–Crippen MR) is 134 cm³/mol. The van der Waals surface area contributed by atoms with Crippen LogP contribution in [0.4, 0.5) is 0 Å². The molecule has 0 aromatic rings. The summed E-state index contributed by atoms with van der Waals surface area (Å²) in [5.41, 5.74) is 0. The van der Waals surface area contributed by atoms with Gasteiger partial charge in [-0.25, -0.2) is 0 Å². The number of nitrogens with zero attached hydrogens (tertiary/aromatic N) is 3. The van der Waals surface area contributed by atoms with E-state index >= 15 is 0 Å². The molecule has 2 rings (SSSR count). The van der Waals surface area contributed by atoms with Crippen LogP contribution in [0.1, 0.15) is 52.9 Å². The Kier molecular flexibility index (Phi) is 14.5. The lowest BCUT2D eigenvalue weighted by atomic mass is 9.92. The largest absolute Gasteiger partial charge is 0.379 e. The number of ether oxygens (including phenoxy) is 1. The molecular formula is C22H46IN5O. The van der Waals surface area contributed by atoms with Crippen molar-refractivity contribution >= 4 is 29.9 Å². The molecule has 1 atom stereocenters. The van der Waals surface area contributed by atoms with Crippen molar-refractivity contribution in [2.45, 2.75) is 58.9 Å². The van der Waals surface area contributed by atoms with Crippen LogP contribution in [-0.2, 0) is 4.74 Å². The second-order valence-corrected chi connectivity index (χ2v) is 8.34. The van der Waals surface area contributed by atoms with Gasteiger partial charge in [-0.3, -0.25) is 9.89 Å². The Hall–Kier alpha value is -0.120. The molecule has 2 fully saturated rings. The average Bonchev–Trinajstić information content (AvgIpc) is 2.76. The molecule has 2 aliphatic heterocycles. The van der Waals surface area contributed by atoms with Gasteiger partial charge in [0.05, 0.1) is 13.2 Å². The molecule has 0 bridgehead atoms. The summed E-state index contributed by atoms with van der Waals surface area (Å²) in [5, 5.41) is 7.18. The highest BCUT2D eigenvalue weighted by atomic mass is 127. The third-order valence-corrected chi connectivity index (χ3v) is 6.81. The number of hydrogen-bond donors (Lipinski definition) is 2. The molecule has 172 valence electrons. The van der Waals surface area contributed by atoms with E-state index in [1.807, 2.05) is 7.05 Å². The normalized spacial score (nSPS) is 21.1. The van der Waals surface area contributed by atoms with Crippen LogP contribution in [-0.4, -0.2) is 87.9 Å². The number of morpholine rings is 1. The zero-order valence-corrected chi connectivity index (χ0v) is 21.6. The Morgan fingerprint density at radius 3 is 2.24 bits per heavy atom. The highest BCUT2D eigenvalue weighted by Gasteiger charge is 2.27. The quantitative estimate of drug-likeness (QED) is 0.262. The van der Waals surface area contributed by atoms with Crippen molar-refractivity contribution in [3.63, 3.8) is 0 Å². The first-order valence-electron chi connectivity index (χ1n) is 11.7. The second-order valence-electron chi connectivity index (χ2n) is 8.34. The lowest BCUT2D eigenvalue weighted by Gasteiger charge is -2.39. The molecule has 2 aliphatic rings. The van der Waals surface area contributed by atoms with Crippen LogP contribution in [0, 0.1) is 11.8 Å². The van der Waals surface area contributed by atoms with Crippen LogP contribution in [0.3, 0.4) is 0 Å². The van der Waals surface area contributed by atoms with E-state index in [9.17, 15) is 0 Å². The maximum atomic E-state index is 5.57. The van der Waals surface area contributed by atoms with E-state index < -0.39 is 0 Å². The van der Waals surface area contributed by atoms with Gasteiger partial charge in [0, 0.05) is 39.3 Å². The zero-order chi connectivity index (χ0) is 20.2. The van der Waals surface area contributed by atoms with Gasteiger partial charge >= 0.3 is 0 Å². The molecule has 0 aromatic heterocycles. The van der Waals surface area contributed by atoms with E-state index in [4.69, 9.17) is 4.74 Å². The molecule has 0 amide bonds. The van der Waals surface area contributed by atoms with Crippen LogP contribution in [0.15, 0.2) is 4.99 Å². The summed E-state index contributed by atoms with van der Waals surface area (Å²) in [6.07, 6.45) is 6.38. The van der Waals surface area contributed by atoms with E-state index in [-0.39, 0.29) is 24.0 Å². The van der Waals surface area contributed by atoms with Gasteiger partial charge in [0.15, 0.2) is 5.96 Å². The van der Waals surface area contributed by atoms with Crippen LogP contribution >= 0.6 is 24.0 Å². The number of guanidine groups is 1. The Labute approximate surface area is 196 Å². The highest BCUT2D eigenvalue weighted by molar-refractivity contribution is 14.0. The van der Waals surface area contributed by atoms with Crippen molar-refractivity contribution in [3.8, 4) is 0 Å². The molecule has 6 nitrogen and oxygen atoms in total. The van der Waals surface area contributed by atoms with Crippen LogP contribution in [0.5, 0.6) is 0 Å². The molecule has 0 aromatic carbocycles. The summed E-state index contributed by atoms with van der Waals surface area (Å²) in [7, 11) is 1.88. The monoisotopic (exact) mass is 523 g/mol. The minimum absolute atomic E-state index is 0. The molecule has 0 spiro atoms. The SMILES string of the molecule is CCC(CC)C(CNC(=NC)NCCC1CCN(CC)CC1)N1CCOCC1.I. The summed E-state index contributed by atoms with van der Waals surface area (Å²) in [5.74, 6) is 2.53. The number of likely N-dealkylation sites (tertiary alicyclic amines) is 1. The van der Waals surface area contributed by atoms with Gasteiger partial charge in [-0.15, -0.1) is 24.0 Å². The van der Waals surface area contributed by atoms with Gasteiger partial charge in [-0.05, 0) is 50.7 Å². The molecule has 29 heavy (non-hydrogen) atoms. The van der Waals surface area contributed by atoms with Gasteiger partial charge in [-0.2, -0.15) is 0 Å². The smallest absolute Gasteiger partial charge is 0.191 e. The number of aliphatic imine (C=N–C) groups is 1. The number of halogens is 1. The minimum atomic E-state index is 0. The van der Waals surface area contributed by atoms with Gasteiger partial charge in [0.2, 0.25) is 0 Å². The fourth-order valence-corrected chi connectivity index (χ4v) is 4.74. The van der Waals surface area contributed by atoms with Crippen molar-refractivity contribution in [1.29, 1.82) is 0 Å². The van der Waals surface area contributed by atoms with Gasteiger partial charge in [0.1, 0.15) is 0 Å². The molecule has 1 unspecified atom stereocenters. The summed E-state index contributed by atoms with van der Waals surface area (Å²) < 4.78 is 5.57. The molecule has 7 heteroatoms. The van der Waals surface area contributed by atoms with Crippen LogP contribution in [0.2, 0.25) is 0 Å². The maximum Gasteiger partial charge on any atom is 0.191 e. The summed E-state index contributed by atoms with van der Waals surface area (Å²) in [4.78, 5) is 9.64. The van der Waals surface area contributed by atoms with E-state index in [0.29, 0.717) is 12.0 Å². The minimum Gasteiger partial charge on any atom is -0.379 e. The van der Waals surface area contributed by atoms with Crippen molar-refractivity contribution in [2.75, 3.05) is 66.1 Å². The maximum absolute atomic E-state index is 5.57. The zero-order valence-electron chi connectivity index (χ0n) is 19.3. The van der Waals surface area contributed by atoms with Crippen LogP contribution in [0.25, 0.3) is 0 Å². The standard InChI is InChI=1S/C22H45N5O.HI/c1-5-20(6-2)21(27-14-16-28-17-15-27)18-25-22(23-4)24-11-8-19-9-12-26(7-3)13-10-19;/h19-21H,5-18H2,1-4H3,(H2,23,24,25);1H. The Morgan fingerprint density at radius 2 is 1.69 bits per heavy atom. The predicted octanol–water partition coefficient (Wildman–Crippen LogP) is 3.03. The molecule has 2 N–H and O–H groups in total. The average molecular weight is 524 g/mol. The van der Waals surface area contributed by atoms with Crippen molar-refractivity contribution in [3.05, 3.63) is 0 Å². The third-order valence-electron chi connectivity index (χ3n) is 6.81. The Morgan fingerprint density at radius 1 is 1.03 bits per heavy atom. The van der Waals surface area contributed by atoms with Crippen molar-refractivity contribution in [2.24, 2.45) is 16.8 Å². The van der Waals surface area contributed by atoms with E-state index in [0.717, 1.165) is 51.3 Å². The van der Waals surface area contributed by atoms with E-state index in [1.165, 1.54) is 51.7 Å². The first-order valence-corrected chi connectivity index (χ1v) is 11.7. The lowest BCUT2D eigenvalue weighted by Crippen LogP contribution is -2.53. The van der Waals surface area contributed by atoms with Crippen molar-refractivity contribution < 1.29 is 4.74 Å². The van der Waals surface area contributed by atoms with Gasteiger partial charge in [0.25, 0.3) is 0 Å². The molecule has 0 aliphatic carbocycles. The van der Waals surface area contributed by atoms with Crippen LogP contribution < -0.4 is 10.6 Å². The van der Waals surface area contributed by atoms with Crippen molar-refractivity contribution in [1.82, 2.24) is 20.4 Å². The molecule has 2 saturated heterocycles. The number of hydrogen-bond acceptors (Lipinski definition) is 4. The fraction of sp³-hybridized carbons (Fsp3) is 0.955. The Bertz CT molecular complexity index is 433. The van der Waals surface area contributed by atoms with E-state index in [2.05, 4.69) is 46.2 Å². The summed E-state index contributed by atoms with van der Waals surface area (Å²) >= 11 is 0. The molecular weight excluding hydrogens is 477 g/mol. The molecule has 0 saturated carbocycles. The fourth-order valence-electron chi connectivity index (χ4n) is 4.74. The van der Waals surface area contributed by atoms with Gasteiger partial charge in [-0.1, -0.05) is 33.6 Å². The molecule has 2 heterocycles.